The van der Waals surface area contributed by atoms with E-state index in [1.165, 1.54) is 0 Å². The van der Waals surface area contributed by atoms with Crippen LogP contribution < -0.4 is 4.74 Å². The van der Waals surface area contributed by atoms with Gasteiger partial charge in [-0.3, -0.25) is 4.79 Å². The molecule has 0 aromatic heterocycles. The SMILES string of the molecule is O=C1c2ccccc2OC[C@]1(Br)[C@H](Br)c1ccc(Cl)cc1. The fourth-order valence-electron chi connectivity index (χ4n) is 2.34. The lowest BCUT2D eigenvalue weighted by atomic mass is 9.89. The molecular weight excluding hydrogens is 419 g/mol. The van der Waals surface area contributed by atoms with Gasteiger partial charge in [-0.1, -0.05) is 67.7 Å². The van der Waals surface area contributed by atoms with E-state index in [9.17, 15) is 4.79 Å². The van der Waals surface area contributed by atoms with Crippen LogP contribution in [0, 0.1) is 0 Å². The number of rotatable bonds is 2. The molecular formula is C16H11Br2ClO2. The molecule has 108 valence electrons. The molecule has 1 aliphatic rings. The van der Waals surface area contributed by atoms with Crippen molar-refractivity contribution in [3.63, 3.8) is 0 Å². The number of hydrogen-bond acceptors (Lipinski definition) is 2. The number of hydrogen-bond donors (Lipinski definition) is 0. The Bertz CT molecular complexity index is 687. The average Bonchev–Trinajstić information content (AvgIpc) is 2.51. The Hall–Kier alpha value is -0.840. The average molecular weight is 431 g/mol. The number of halogens is 3. The van der Waals surface area contributed by atoms with Crippen LogP contribution in [-0.2, 0) is 0 Å². The van der Waals surface area contributed by atoms with Crippen LogP contribution in [0.15, 0.2) is 48.5 Å². The Morgan fingerprint density at radius 1 is 1.14 bits per heavy atom. The largest absolute Gasteiger partial charge is 0.491 e. The van der Waals surface area contributed by atoms with Crippen LogP contribution in [0.25, 0.3) is 0 Å². The zero-order chi connectivity index (χ0) is 15.0. The van der Waals surface area contributed by atoms with Gasteiger partial charge in [-0.25, -0.2) is 0 Å². The van der Waals surface area contributed by atoms with E-state index < -0.39 is 4.32 Å². The van der Waals surface area contributed by atoms with Crippen molar-refractivity contribution in [2.24, 2.45) is 0 Å². The third-order valence-electron chi connectivity index (χ3n) is 3.51. The number of ketones is 1. The summed E-state index contributed by atoms with van der Waals surface area (Å²) in [5.41, 5.74) is 1.56. The molecule has 0 amide bonds. The molecule has 0 saturated heterocycles. The Balaban J connectivity index is 1.98. The van der Waals surface area contributed by atoms with Crippen LogP contribution in [0.1, 0.15) is 20.7 Å². The quantitative estimate of drug-likeness (QED) is 0.614. The van der Waals surface area contributed by atoms with Gasteiger partial charge in [0.15, 0.2) is 5.78 Å². The minimum atomic E-state index is -0.838. The van der Waals surface area contributed by atoms with Crippen molar-refractivity contribution < 1.29 is 9.53 Å². The van der Waals surface area contributed by atoms with Gasteiger partial charge in [0.25, 0.3) is 0 Å². The van der Waals surface area contributed by atoms with Crippen LogP contribution in [0.4, 0.5) is 0 Å². The van der Waals surface area contributed by atoms with Gasteiger partial charge in [0.2, 0.25) is 0 Å². The number of carbonyl (C=O) groups excluding carboxylic acids is 1. The highest BCUT2D eigenvalue weighted by molar-refractivity contribution is 9.12. The van der Waals surface area contributed by atoms with Crippen molar-refractivity contribution in [3.8, 4) is 5.75 Å². The molecule has 1 heterocycles. The normalized spacial score (nSPS) is 22.3. The monoisotopic (exact) mass is 428 g/mol. The number of carbonyl (C=O) groups is 1. The van der Waals surface area contributed by atoms with E-state index in [4.69, 9.17) is 16.3 Å². The van der Waals surface area contributed by atoms with Gasteiger partial charge >= 0.3 is 0 Å². The highest BCUT2D eigenvalue weighted by Gasteiger charge is 2.47. The first-order chi connectivity index (χ1) is 10.0. The molecule has 5 heteroatoms. The zero-order valence-corrected chi connectivity index (χ0v) is 14.8. The van der Waals surface area contributed by atoms with E-state index in [1.54, 1.807) is 6.07 Å². The third-order valence-corrected chi connectivity index (χ3v) is 6.73. The van der Waals surface area contributed by atoms with Crippen LogP contribution >= 0.6 is 43.5 Å². The lowest BCUT2D eigenvalue weighted by molar-refractivity contribution is 0.0873. The van der Waals surface area contributed by atoms with E-state index in [1.807, 2.05) is 42.5 Å². The summed E-state index contributed by atoms with van der Waals surface area (Å²) in [5.74, 6) is 0.648. The second-order valence-corrected chi connectivity index (χ2v) is 7.66. The smallest absolute Gasteiger partial charge is 0.188 e. The molecule has 2 aromatic carbocycles. The highest BCUT2D eigenvalue weighted by atomic mass is 79.9. The van der Waals surface area contributed by atoms with Crippen molar-refractivity contribution in [1.29, 1.82) is 0 Å². The molecule has 0 saturated carbocycles. The summed E-state index contributed by atoms with van der Waals surface area (Å²) in [6.07, 6.45) is 0. The van der Waals surface area contributed by atoms with Crippen molar-refractivity contribution in [3.05, 3.63) is 64.7 Å². The minimum Gasteiger partial charge on any atom is -0.491 e. The number of fused-ring (bicyclic) bond motifs is 1. The Morgan fingerprint density at radius 3 is 2.52 bits per heavy atom. The van der Waals surface area contributed by atoms with Gasteiger partial charge in [0.1, 0.15) is 16.7 Å². The fourth-order valence-corrected chi connectivity index (χ4v) is 3.70. The summed E-state index contributed by atoms with van der Waals surface area (Å²) < 4.78 is 4.91. The molecule has 2 nitrogen and oxygen atoms in total. The second-order valence-electron chi connectivity index (χ2n) is 4.89. The third kappa shape index (κ3) is 2.65. The van der Waals surface area contributed by atoms with E-state index in [-0.39, 0.29) is 17.2 Å². The van der Waals surface area contributed by atoms with Gasteiger partial charge < -0.3 is 4.74 Å². The van der Waals surface area contributed by atoms with Gasteiger partial charge in [-0.2, -0.15) is 0 Å². The first-order valence-corrected chi connectivity index (χ1v) is 8.46. The summed E-state index contributed by atoms with van der Waals surface area (Å²) in [6, 6.07) is 14.7. The van der Waals surface area contributed by atoms with Gasteiger partial charge in [0.05, 0.1) is 10.4 Å². The number of benzene rings is 2. The van der Waals surface area contributed by atoms with Crippen LogP contribution in [0.5, 0.6) is 5.75 Å². The molecule has 0 radical (unpaired) electrons. The molecule has 2 aromatic rings. The number of ether oxygens (including phenoxy) is 1. The summed E-state index contributed by atoms with van der Waals surface area (Å²) >= 11 is 13.1. The van der Waals surface area contributed by atoms with E-state index in [0.717, 1.165) is 5.56 Å². The van der Waals surface area contributed by atoms with Crippen LogP contribution in [-0.4, -0.2) is 16.7 Å². The molecule has 0 unspecified atom stereocenters. The molecule has 0 spiro atoms. The second kappa shape index (κ2) is 5.75. The zero-order valence-electron chi connectivity index (χ0n) is 10.9. The molecule has 1 aliphatic heterocycles. The van der Waals surface area contributed by atoms with Crippen molar-refractivity contribution in [2.75, 3.05) is 6.61 Å². The highest BCUT2D eigenvalue weighted by Crippen LogP contribution is 2.46. The maximum Gasteiger partial charge on any atom is 0.188 e. The van der Waals surface area contributed by atoms with Gasteiger partial charge in [0, 0.05) is 5.02 Å². The summed E-state index contributed by atoms with van der Waals surface area (Å²) in [5, 5.41) is 0.665. The Morgan fingerprint density at radius 2 is 1.81 bits per heavy atom. The van der Waals surface area contributed by atoms with Crippen molar-refractivity contribution in [1.82, 2.24) is 0 Å². The molecule has 0 fully saturated rings. The number of para-hydroxylation sites is 1. The maximum absolute atomic E-state index is 12.8. The molecule has 0 aliphatic carbocycles. The predicted molar refractivity (Wildman–Crippen MR) is 91.0 cm³/mol. The molecule has 3 rings (SSSR count). The topological polar surface area (TPSA) is 26.3 Å². The molecule has 0 bridgehead atoms. The summed E-state index contributed by atoms with van der Waals surface area (Å²) in [4.78, 5) is 12.6. The molecule has 2 atom stereocenters. The first-order valence-electron chi connectivity index (χ1n) is 6.37. The van der Waals surface area contributed by atoms with Gasteiger partial charge in [-0.05, 0) is 29.8 Å². The van der Waals surface area contributed by atoms with Crippen LogP contribution in [0.2, 0.25) is 5.02 Å². The number of alkyl halides is 2. The lowest BCUT2D eigenvalue weighted by Crippen LogP contribution is -2.45. The fraction of sp³-hybridized carbons (Fsp3) is 0.188. The van der Waals surface area contributed by atoms with E-state index in [0.29, 0.717) is 16.3 Å². The Kier molecular flexibility index (Phi) is 4.12. The molecule has 21 heavy (non-hydrogen) atoms. The van der Waals surface area contributed by atoms with E-state index >= 15 is 0 Å². The van der Waals surface area contributed by atoms with Crippen molar-refractivity contribution >= 4 is 49.2 Å². The van der Waals surface area contributed by atoms with Crippen molar-refractivity contribution in [2.45, 2.75) is 9.15 Å². The summed E-state index contributed by atoms with van der Waals surface area (Å²) in [7, 11) is 0. The van der Waals surface area contributed by atoms with Gasteiger partial charge in [-0.15, -0.1) is 0 Å². The standard InChI is InChI=1S/C16H11Br2ClO2/c17-14(10-5-7-11(19)8-6-10)16(18)9-21-13-4-2-1-3-12(13)15(16)20/h1-8,14H,9H2/t14-,16+/m1/s1. The lowest BCUT2D eigenvalue weighted by Gasteiger charge is -2.35. The Labute approximate surface area is 144 Å². The molecule has 0 N–H and O–H groups in total. The number of Topliss-reactive ketones (excluding diaryl/α,β-unsaturated/α-hetero) is 1. The predicted octanol–water partition coefficient (Wildman–Crippen LogP) is 5.19. The van der Waals surface area contributed by atoms with Crippen LogP contribution in [0.3, 0.4) is 0 Å². The minimum absolute atomic E-state index is 0.0150. The summed E-state index contributed by atoms with van der Waals surface area (Å²) in [6.45, 7) is 0.265. The first kappa shape index (κ1) is 15.1. The maximum atomic E-state index is 12.8. The van der Waals surface area contributed by atoms with E-state index in [2.05, 4.69) is 31.9 Å².